The molecule has 0 amide bonds. The van der Waals surface area contributed by atoms with E-state index in [-0.39, 0.29) is 23.6 Å². The van der Waals surface area contributed by atoms with Crippen LogP contribution in [-0.2, 0) is 19.6 Å². The minimum absolute atomic E-state index is 0.204. The van der Waals surface area contributed by atoms with Crippen LogP contribution in [0.1, 0.15) is 26.7 Å². The summed E-state index contributed by atoms with van der Waals surface area (Å²) in [5.74, 6) is 5.74. The molecule has 1 heterocycles. The van der Waals surface area contributed by atoms with E-state index >= 15 is 0 Å². The molecule has 1 aromatic carbocycles. The van der Waals surface area contributed by atoms with Gasteiger partial charge in [0.1, 0.15) is 18.5 Å². The monoisotopic (exact) mass is 351 g/mol. The Hall–Kier alpha value is -2.04. The van der Waals surface area contributed by atoms with Crippen LogP contribution in [0.25, 0.3) is 0 Å². The predicted octanol–water partition coefficient (Wildman–Crippen LogP) is 1.80. The van der Waals surface area contributed by atoms with E-state index in [1.54, 1.807) is 19.1 Å². The summed E-state index contributed by atoms with van der Waals surface area (Å²) in [6.07, 6.45) is 0.815. The molecule has 0 radical (unpaired) electrons. The van der Waals surface area contributed by atoms with Gasteiger partial charge in [-0.05, 0) is 44.0 Å². The Morgan fingerprint density at radius 1 is 1.25 bits per heavy atom. The molecule has 0 N–H and O–H groups in total. The van der Waals surface area contributed by atoms with Crippen molar-refractivity contribution in [1.29, 1.82) is 0 Å². The van der Waals surface area contributed by atoms with Gasteiger partial charge in [0.2, 0.25) is 10.0 Å². The number of hydrogen-bond acceptors (Lipinski definition) is 5. The Kier molecular flexibility index (Phi) is 6.23. The summed E-state index contributed by atoms with van der Waals surface area (Å²) >= 11 is 0. The fourth-order valence-corrected chi connectivity index (χ4v) is 3.94. The molecule has 24 heavy (non-hydrogen) atoms. The summed E-state index contributed by atoms with van der Waals surface area (Å²) in [5, 5.41) is 0. The SMILES string of the molecule is CC#CCOc1ccc(S(=O)(=O)N2CCC(OC(C)=O)CC2)cc1. The number of benzene rings is 1. The van der Waals surface area contributed by atoms with E-state index in [9.17, 15) is 13.2 Å². The molecule has 0 saturated carbocycles. The second-order valence-electron chi connectivity index (χ2n) is 5.40. The van der Waals surface area contributed by atoms with E-state index in [1.165, 1.54) is 23.4 Å². The third kappa shape index (κ3) is 4.73. The fourth-order valence-electron chi connectivity index (χ4n) is 2.47. The lowest BCUT2D eigenvalue weighted by atomic mass is 10.1. The lowest BCUT2D eigenvalue weighted by Gasteiger charge is -2.30. The molecule has 0 bridgehead atoms. The Labute approximate surface area is 142 Å². The molecular weight excluding hydrogens is 330 g/mol. The molecule has 1 aliphatic rings. The van der Waals surface area contributed by atoms with Crippen molar-refractivity contribution in [3.8, 4) is 17.6 Å². The average molecular weight is 351 g/mol. The second-order valence-corrected chi connectivity index (χ2v) is 7.34. The Morgan fingerprint density at radius 3 is 2.42 bits per heavy atom. The number of ether oxygens (including phenoxy) is 2. The van der Waals surface area contributed by atoms with Gasteiger partial charge in [-0.25, -0.2) is 8.42 Å². The maximum atomic E-state index is 12.6. The summed E-state index contributed by atoms with van der Waals surface area (Å²) in [5.41, 5.74) is 0. The van der Waals surface area contributed by atoms with E-state index in [1.807, 2.05) is 0 Å². The summed E-state index contributed by atoms with van der Waals surface area (Å²) < 4.78 is 37.2. The molecule has 0 unspecified atom stereocenters. The molecule has 1 fully saturated rings. The number of carbonyl (C=O) groups excluding carboxylic acids is 1. The van der Waals surface area contributed by atoms with Gasteiger partial charge in [-0.15, -0.1) is 5.92 Å². The topological polar surface area (TPSA) is 72.9 Å². The van der Waals surface area contributed by atoms with Crippen molar-refractivity contribution in [2.45, 2.75) is 37.7 Å². The lowest BCUT2D eigenvalue weighted by Crippen LogP contribution is -2.41. The first-order valence-electron chi connectivity index (χ1n) is 7.73. The lowest BCUT2D eigenvalue weighted by molar-refractivity contribution is -0.147. The van der Waals surface area contributed by atoms with Crippen molar-refractivity contribution in [1.82, 2.24) is 4.31 Å². The van der Waals surface area contributed by atoms with Gasteiger partial charge in [-0.3, -0.25) is 4.79 Å². The zero-order chi connectivity index (χ0) is 17.6. The minimum atomic E-state index is -3.55. The third-order valence-corrected chi connectivity index (χ3v) is 5.60. The summed E-state index contributed by atoms with van der Waals surface area (Å²) in [4.78, 5) is 11.2. The number of nitrogens with zero attached hydrogens (tertiary/aromatic N) is 1. The quantitative estimate of drug-likeness (QED) is 0.597. The van der Waals surface area contributed by atoms with E-state index in [4.69, 9.17) is 9.47 Å². The van der Waals surface area contributed by atoms with Crippen LogP contribution < -0.4 is 4.74 Å². The molecule has 1 aliphatic heterocycles. The van der Waals surface area contributed by atoms with Gasteiger partial charge in [0, 0.05) is 20.0 Å². The first-order valence-corrected chi connectivity index (χ1v) is 9.17. The van der Waals surface area contributed by atoms with E-state index < -0.39 is 10.0 Å². The third-order valence-electron chi connectivity index (χ3n) is 3.68. The molecule has 1 aromatic rings. The Bertz CT molecular complexity index is 722. The highest BCUT2D eigenvalue weighted by Gasteiger charge is 2.30. The van der Waals surface area contributed by atoms with Gasteiger partial charge < -0.3 is 9.47 Å². The van der Waals surface area contributed by atoms with Crippen LogP contribution in [0.15, 0.2) is 29.2 Å². The largest absolute Gasteiger partial charge is 0.481 e. The smallest absolute Gasteiger partial charge is 0.302 e. The van der Waals surface area contributed by atoms with Crippen LogP contribution in [0, 0.1) is 11.8 Å². The molecule has 0 aromatic heterocycles. The van der Waals surface area contributed by atoms with E-state index in [0.717, 1.165) is 0 Å². The maximum absolute atomic E-state index is 12.6. The van der Waals surface area contributed by atoms with Crippen molar-refractivity contribution in [3.63, 3.8) is 0 Å². The van der Waals surface area contributed by atoms with Gasteiger partial charge in [0.25, 0.3) is 0 Å². The number of rotatable bonds is 5. The van der Waals surface area contributed by atoms with Gasteiger partial charge in [-0.2, -0.15) is 4.31 Å². The fraction of sp³-hybridized carbons (Fsp3) is 0.471. The molecule has 130 valence electrons. The van der Waals surface area contributed by atoms with Crippen molar-refractivity contribution in [2.24, 2.45) is 0 Å². The zero-order valence-corrected chi connectivity index (χ0v) is 14.6. The highest BCUT2D eigenvalue weighted by molar-refractivity contribution is 7.89. The number of carbonyl (C=O) groups is 1. The van der Waals surface area contributed by atoms with Crippen LogP contribution in [0.5, 0.6) is 5.75 Å². The second kappa shape index (κ2) is 8.18. The molecule has 0 atom stereocenters. The number of esters is 1. The normalized spacial score (nSPS) is 16.1. The number of hydrogen-bond donors (Lipinski definition) is 0. The van der Waals surface area contributed by atoms with E-state index in [0.29, 0.717) is 31.7 Å². The zero-order valence-electron chi connectivity index (χ0n) is 13.8. The summed E-state index contributed by atoms with van der Waals surface area (Å²) in [7, 11) is -3.55. The Morgan fingerprint density at radius 2 is 1.88 bits per heavy atom. The van der Waals surface area contributed by atoms with Crippen molar-refractivity contribution < 1.29 is 22.7 Å². The van der Waals surface area contributed by atoms with Crippen LogP contribution >= 0.6 is 0 Å². The van der Waals surface area contributed by atoms with Crippen molar-refractivity contribution in [3.05, 3.63) is 24.3 Å². The van der Waals surface area contributed by atoms with Crippen molar-refractivity contribution in [2.75, 3.05) is 19.7 Å². The van der Waals surface area contributed by atoms with Gasteiger partial charge >= 0.3 is 5.97 Å². The standard InChI is InChI=1S/C17H21NO5S/c1-3-4-13-22-15-5-7-17(8-6-15)24(20,21)18-11-9-16(10-12-18)23-14(2)19/h5-8,16H,9-13H2,1-2H3. The molecule has 7 heteroatoms. The molecule has 0 aliphatic carbocycles. The highest BCUT2D eigenvalue weighted by Crippen LogP contribution is 2.23. The Balaban J connectivity index is 1.99. The molecule has 2 rings (SSSR count). The van der Waals surface area contributed by atoms with Crippen LogP contribution in [-0.4, -0.2) is 44.5 Å². The highest BCUT2D eigenvalue weighted by atomic mass is 32.2. The predicted molar refractivity (Wildman–Crippen MR) is 88.9 cm³/mol. The van der Waals surface area contributed by atoms with Gasteiger partial charge in [0.05, 0.1) is 4.90 Å². The first-order chi connectivity index (χ1) is 11.4. The molecule has 0 spiro atoms. The van der Waals surface area contributed by atoms with Gasteiger partial charge in [-0.1, -0.05) is 5.92 Å². The average Bonchev–Trinajstić information content (AvgIpc) is 2.55. The summed E-state index contributed by atoms with van der Waals surface area (Å²) in [6.45, 7) is 4.03. The number of sulfonamides is 1. The maximum Gasteiger partial charge on any atom is 0.302 e. The minimum Gasteiger partial charge on any atom is -0.481 e. The van der Waals surface area contributed by atoms with Crippen LogP contribution in [0.2, 0.25) is 0 Å². The first kappa shape index (κ1) is 18.3. The van der Waals surface area contributed by atoms with Gasteiger partial charge in [0.15, 0.2) is 0 Å². The van der Waals surface area contributed by atoms with Crippen molar-refractivity contribution >= 4 is 16.0 Å². The molecule has 1 saturated heterocycles. The summed E-state index contributed by atoms with van der Waals surface area (Å²) in [6, 6.07) is 6.30. The number of piperidine rings is 1. The van der Waals surface area contributed by atoms with E-state index in [2.05, 4.69) is 11.8 Å². The van der Waals surface area contributed by atoms with Crippen LogP contribution in [0.4, 0.5) is 0 Å². The molecule has 6 nitrogen and oxygen atoms in total. The molecular formula is C17H21NO5S. The van der Waals surface area contributed by atoms with Crippen LogP contribution in [0.3, 0.4) is 0 Å².